The van der Waals surface area contributed by atoms with E-state index in [9.17, 15) is 14.0 Å². The van der Waals surface area contributed by atoms with E-state index in [-0.39, 0.29) is 12.3 Å². The molecule has 1 aromatic rings. The van der Waals surface area contributed by atoms with Gasteiger partial charge in [-0.3, -0.25) is 9.59 Å². The summed E-state index contributed by atoms with van der Waals surface area (Å²) >= 11 is 0. The largest absolute Gasteiger partial charge is 0.465 e. The van der Waals surface area contributed by atoms with Gasteiger partial charge in [0, 0.05) is 0 Å². The number of rotatable bonds is 5. The number of benzene rings is 1. The van der Waals surface area contributed by atoms with Crippen molar-refractivity contribution in [2.75, 3.05) is 6.61 Å². The maximum absolute atomic E-state index is 12.8. The molecule has 0 fully saturated rings. The fourth-order valence-electron chi connectivity index (χ4n) is 1.51. The van der Waals surface area contributed by atoms with E-state index in [1.54, 1.807) is 6.92 Å². The summed E-state index contributed by atoms with van der Waals surface area (Å²) in [5.41, 5.74) is 0.144. The molecule has 96 valence electrons. The molecular weight excluding hydrogens is 237 g/mol. The quantitative estimate of drug-likeness (QED) is 0.494. The van der Waals surface area contributed by atoms with Crippen LogP contribution in [0.3, 0.4) is 0 Å². The van der Waals surface area contributed by atoms with Gasteiger partial charge in [0.1, 0.15) is 11.6 Å². The minimum absolute atomic E-state index is 0.138. The third-order valence-corrected chi connectivity index (χ3v) is 2.37. The van der Waals surface area contributed by atoms with Crippen LogP contribution in [-0.4, -0.2) is 24.1 Å². The summed E-state index contributed by atoms with van der Waals surface area (Å²) < 4.78 is 17.5. The normalized spacial score (nSPS) is 11.7. The average molecular weight is 251 g/mol. The Morgan fingerprint density at radius 2 is 1.89 bits per heavy atom. The first-order chi connectivity index (χ1) is 8.47. The lowest BCUT2D eigenvalue weighted by Crippen LogP contribution is -2.32. The second-order valence-electron chi connectivity index (χ2n) is 3.72. The molecule has 0 bridgehead atoms. The summed E-state index contributed by atoms with van der Waals surface area (Å²) in [6.45, 7) is 2.98. The number of esters is 1. The molecule has 0 spiro atoms. The fraction of sp³-hybridized carbons (Fsp3) is 0.308. The Morgan fingerprint density at radius 3 is 2.33 bits per heavy atom. The number of hydrogen-bond acceptors (Lipinski definition) is 4. The van der Waals surface area contributed by atoms with Crippen molar-refractivity contribution in [3.63, 3.8) is 0 Å². The molecule has 0 amide bonds. The molecule has 0 aromatic heterocycles. The molecule has 0 aliphatic carbocycles. The highest BCUT2D eigenvalue weighted by molar-refractivity contribution is 6.22. The van der Waals surface area contributed by atoms with Crippen LogP contribution in [0.1, 0.15) is 19.4 Å². The lowest BCUT2D eigenvalue weighted by molar-refractivity contribution is -0.148. The van der Waals surface area contributed by atoms with Crippen LogP contribution >= 0.6 is 0 Å². The molecule has 0 heterocycles. The summed E-state index contributed by atoms with van der Waals surface area (Å²) in [5, 5.41) is 7.85. The molecule has 4 nitrogen and oxygen atoms in total. The first kappa shape index (κ1) is 14.0. The van der Waals surface area contributed by atoms with Crippen molar-refractivity contribution in [3.05, 3.63) is 35.6 Å². The molecule has 1 atom stereocenters. The number of carbonyl (C=O) groups excluding carboxylic acids is 2. The van der Waals surface area contributed by atoms with Crippen molar-refractivity contribution < 1.29 is 18.7 Å². The van der Waals surface area contributed by atoms with Crippen LogP contribution in [0.5, 0.6) is 0 Å². The van der Waals surface area contributed by atoms with Crippen LogP contribution in [0.15, 0.2) is 24.3 Å². The highest BCUT2D eigenvalue weighted by Crippen LogP contribution is 2.13. The third kappa shape index (κ3) is 3.23. The van der Waals surface area contributed by atoms with Crippen LogP contribution in [0.4, 0.5) is 4.39 Å². The van der Waals surface area contributed by atoms with E-state index >= 15 is 0 Å². The van der Waals surface area contributed by atoms with Gasteiger partial charge in [-0.1, -0.05) is 12.1 Å². The second kappa shape index (κ2) is 6.05. The van der Waals surface area contributed by atoms with E-state index in [2.05, 4.69) is 0 Å². The number of halogens is 1. The summed E-state index contributed by atoms with van der Waals surface area (Å²) in [6.07, 6.45) is 0. The zero-order valence-corrected chi connectivity index (χ0v) is 10.2. The molecule has 1 N–H and O–H groups in total. The Balaban J connectivity index is 3.00. The Bertz CT molecular complexity index is 468. The number of ketones is 1. The van der Waals surface area contributed by atoms with Gasteiger partial charge in [0.2, 0.25) is 0 Å². The van der Waals surface area contributed by atoms with Gasteiger partial charge in [-0.25, -0.2) is 4.39 Å². The third-order valence-electron chi connectivity index (χ3n) is 2.37. The standard InChI is InChI=1S/C13H14FNO3/c1-3-18-13(17)11(8(2)16)12(15)9-4-6-10(14)7-5-9/h4-7,11,15H,3H2,1-2H3. The van der Waals surface area contributed by atoms with Gasteiger partial charge in [0.05, 0.1) is 12.3 Å². The van der Waals surface area contributed by atoms with E-state index < -0.39 is 23.5 Å². The number of hydrogen-bond donors (Lipinski definition) is 1. The molecule has 5 heteroatoms. The van der Waals surface area contributed by atoms with Crippen LogP contribution in [-0.2, 0) is 14.3 Å². The second-order valence-corrected chi connectivity index (χ2v) is 3.72. The molecule has 1 rings (SSSR count). The minimum atomic E-state index is -1.25. The first-order valence-electron chi connectivity index (χ1n) is 5.48. The van der Waals surface area contributed by atoms with Crippen molar-refractivity contribution in [1.82, 2.24) is 0 Å². The molecule has 0 saturated carbocycles. The zero-order valence-electron chi connectivity index (χ0n) is 10.2. The smallest absolute Gasteiger partial charge is 0.322 e. The lowest BCUT2D eigenvalue weighted by Gasteiger charge is -2.14. The summed E-state index contributed by atoms with van der Waals surface area (Å²) in [7, 11) is 0. The van der Waals surface area contributed by atoms with Crippen LogP contribution in [0.2, 0.25) is 0 Å². The Kier molecular flexibility index (Phi) is 4.71. The Labute approximate surface area is 104 Å². The van der Waals surface area contributed by atoms with Gasteiger partial charge in [-0.2, -0.15) is 0 Å². The van der Waals surface area contributed by atoms with E-state index in [1.807, 2.05) is 0 Å². The van der Waals surface area contributed by atoms with Crippen LogP contribution < -0.4 is 0 Å². The maximum Gasteiger partial charge on any atom is 0.322 e. The van der Waals surface area contributed by atoms with Gasteiger partial charge in [0.15, 0.2) is 5.92 Å². The Hall–Kier alpha value is -2.04. The van der Waals surface area contributed by atoms with Crippen molar-refractivity contribution in [1.29, 1.82) is 5.41 Å². The van der Waals surface area contributed by atoms with Crippen LogP contribution in [0.25, 0.3) is 0 Å². The number of Topliss-reactive ketones (excluding diaryl/α,β-unsaturated/α-hetero) is 1. The van der Waals surface area contributed by atoms with E-state index in [4.69, 9.17) is 10.1 Å². The summed E-state index contributed by atoms with van der Waals surface area (Å²) in [6, 6.07) is 5.05. The van der Waals surface area contributed by atoms with E-state index in [0.29, 0.717) is 5.56 Å². The molecule has 0 aliphatic heterocycles. The lowest BCUT2D eigenvalue weighted by atomic mass is 9.93. The highest BCUT2D eigenvalue weighted by atomic mass is 19.1. The van der Waals surface area contributed by atoms with Gasteiger partial charge in [0.25, 0.3) is 0 Å². The predicted octanol–water partition coefficient (Wildman–Crippen LogP) is 1.96. The molecule has 1 unspecified atom stereocenters. The van der Waals surface area contributed by atoms with Crippen molar-refractivity contribution >= 4 is 17.5 Å². The molecule has 1 aromatic carbocycles. The van der Waals surface area contributed by atoms with Gasteiger partial charge in [-0.05, 0) is 31.5 Å². The Morgan fingerprint density at radius 1 is 1.33 bits per heavy atom. The number of ether oxygens (including phenoxy) is 1. The fourth-order valence-corrected chi connectivity index (χ4v) is 1.51. The average Bonchev–Trinajstić information content (AvgIpc) is 2.29. The summed E-state index contributed by atoms with van der Waals surface area (Å²) in [5.74, 6) is -2.92. The number of carbonyl (C=O) groups is 2. The van der Waals surface area contributed by atoms with Gasteiger partial charge in [-0.15, -0.1) is 0 Å². The molecule has 0 saturated heterocycles. The summed E-state index contributed by atoms with van der Waals surface area (Å²) in [4.78, 5) is 23.0. The first-order valence-corrected chi connectivity index (χ1v) is 5.48. The molecule has 0 aliphatic rings. The topological polar surface area (TPSA) is 67.2 Å². The maximum atomic E-state index is 12.8. The predicted molar refractivity (Wildman–Crippen MR) is 64.0 cm³/mol. The monoisotopic (exact) mass is 251 g/mol. The van der Waals surface area contributed by atoms with Gasteiger partial charge < -0.3 is 10.1 Å². The molecular formula is C13H14FNO3. The zero-order chi connectivity index (χ0) is 13.7. The van der Waals surface area contributed by atoms with E-state index in [1.165, 1.54) is 31.2 Å². The van der Waals surface area contributed by atoms with Crippen molar-refractivity contribution in [2.45, 2.75) is 13.8 Å². The van der Waals surface area contributed by atoms with Crippen LogP contribution in [0, 0.1) is 17.1 Å². The van der Waals surface area contributed by atoms with Crippen molar-refractivity contribution in [3.8, 4) is 0 Å². The molecule has 0 radical (unpaired) electrons. The van der Waals surface area contributed by atoms with Gasteiger partial charge >= 0.3 is 5.97 Å². The number of nitrogens with one attached hydrogen (secondary N) is 1. The van der Waals surface area contributed by atoms with Crippen molar-refractivity contribution in [2.24, 2.45) is 5.92 Å². The minimum Gasteiger partial charge on any atom is -0.465 e. The molecule has 18 heavy (non-hydrogen) atoms. The SMILES string of the molecule is CCOC(=O)C(C(=N)c1ccc(F)cc1)C(C)=O. The van der Waals surface area contributed by atoms with E-state index in [0.717, 1.165) is 0 Å². The highest BCUT2D eigenvalue weighted by Gasteiger charge is 2.30.